The van der Waals surface area contributed by atoms with Crippen molar-refractivity contribution in [2.75, 3.05) is 27.3 Å². The van der Waals surface area contributed by atoms with Gasteiger partial charge in [-0.2, -0.15) is 0 Å². The van der Waals surface area contributed by atoms with Gasteiger partial charge in [-0.1, -0.05) is 5.21 Å². The van der Waals surface area contributed by atoms with Crippen molar-refractivity contribution >= 4 is 0 Å². The number of fused-ring (bicyclic) bond motifs is 1. The molecule has 1 aromatic heterocycles. The van der Waals surface area contributed by atoms with Crippen LogP contribution in [-0.4, -0.2) is 59.3 Å². The third-order valence-corrected chi connectivity index (χ3v) is 4.25. The molecule has 1 aromatic rings. The number of methoxy groups -OCH3 is 2. The first-order chi connectivity index (χ1) is 9.99. The van der Waals surface area contributed by atoms with Crippen LogP contribution < -0.4 is 0 Å². The van der Waals surface area contributed by atoms with Gasteiger partial charge >= 0.3 is 0 Å². The molecule has 1 aliphatic heterocycles. The zero-order valence-corrected chi connectivity index (χ0v) is 14.0. The maximum atomic E-state index is 5.71. The molecule has 6 heteroatoms. The SMILES string of the molecule is COC1CN(C(C)C)CCc2c(nnn2C(C)C)C1OC. The second-order valence-electron chi connectivity index (χ2n) is 6.23. The van der Waals surface area contributed by atoms with Gasteiger partial charge < -0.3 is 9.47 Å². The second kappa shape index (κ2) is 6.85. The van der Waals surface area contributed by atoms with Crippen LogP contribution in [0.4, 0.5) is 0 Å². The molecular formula is C15H28N4O2. The van der Waals surface area contributed by atoms with Gasteiger partial charge in [0, 0.05) is 45.8 Å². The van der Waals surface area contributed by atoms with Crippen molar-refractivity contribution in [1.29, 1.82) is 0 Å². The van der Waals surface area contributed by atoms with E-state index < -0.39 is 0 Å². The fourth-order valence-electron chi connectivity index (χ4n) is 2.98. The standard InChI is InChI=1S/C15H28N4O2/c1-10(2)18-8-7-12-14(16-17-19(12)11(3)4)15(21-6)13(9-18)20-5/h10-11,13,15H,7-9H2,1-6H3. The van der Waals surface area contributed by atoms with Crippen LogP contribution in [0.15, 0.2) is 0 Å². The van der Waals surface area contributed by atoms with Gasteiger partial charge in [0.2, 0.25) is 0 Å². The summed E-state index contributed by atoms with van der Waals surface area (Å²) in [6, 6.07) is 0.775. The van der Waals surface area contributed by atoms with Crippen LogP contribution in [-0.2, 0) is 15.9 Å². The molecule has 0 radical (unpaired) electrons. The van der Waals surface area contributed by atoms with Gasteiger partial charge in [-0.3, -0.25) is 4.90 Å². The van der Waals surface area contributed by atoms with Crippen LogP contribution in [0, 0.1) is 0 Å². The molecule has 0 aromatic carbocycles. The molecule has 2 unspecified atom stereocenters. The highest BCUT2D eigenvalue weighted by molar-refractivity contribution is 5.17. The minimum Gasteiger partial charge on any atom is -0.377 e. The van der Waals surface area contributed by atoms with E-state index >= 15 is 0 Å². The molecule has 21 heavy (non-hydrogen) atoms. The summed E-state index contributed by atoms with van der Waals surface area (Å²) in [6.07, 6.45) is 0.738. The Bertz CT molecular complexity index is 459. The Kier molecular flexibility index (Phi) is 5.35. The zero-order chi connectivity index (χ0) is 15.6. The Morgan fingerprint density at radius 3 is 2.33 bits per heavy atom. The van der Waals surface area contributed by atoms with Crippen molar-refractivity contribution in [3.05, 3.63) is 11.4 Å². The Balaban J connectivity index is 2.42. The van der Waals surface area contributed by atoms with E-state index in [0.29, 0.717) is 12.1 Å². The van der Waals surface area contributed by atoms with Crippen molar-refractivity contribution in [3.63, 3.8) is 0 Å². The van der Waals surface area contributed by atoms with E-state index in [1.807, 2.05) is 4.68 Å². The third-order valence-electron chi connectivity index (χ3n) is 4.25. The lowest BCUT2D eigenvalue weighted by Gasteiger charge is -2.35. The first-order valence-electron chi connectivity index (χ1n) is 7.73. The van der Waals surface area contributed by atoms with Crippen LogP contribution in [0.1, 0.15) is 51.2 Å². The lowest BCUT2D eigenvalue weighted by Crippen LogP contribution is -2.44. The highest BCUT2D eigenvalue weighted by Crippen LogP contribution is 2.29. The molecule has 0 saturated heterocycles. The van der Waals surface area contributed by atoms with Crippen molar-refractivity contribution < 1.29 is 9.47 Å². The average Bonchev–Trinajstić information content (AvgIpc) is 2.82. The maximum Gasteiger partial charge on any atom is 0.130 e. The maximum absolute atomic E-state index is 5.71. The zero-order valence-electron chi connectivity index (χ0n) is 14.0. The van der Waals surface area contributed by atoms with Crippen LogP contribution in [0.2, 0.25) is 0 Å². The van der Waals surface area contributed by atoms with E-state index in [1.165, 1.54) is 5.69 Å². The summed E-state index contributed by atoms with van der Waals surface area (Å²) in [4.78, 5) is 2.43. The number of ether oxygens (including phenoxy) is 2. The van der Waals surface area contributed by atoms with Gasteiger partial charge in [-0.05, 0) is 27.7 Å². The summed E-state index contributed by atoms with van der Waals surface area (Å²) in [5.74, 6) is 0. The van der Waals surface area contributed by atoms with Crippen molar-refractivity contribution in [1.82, 2.24) is 19.9 Å². The Labute approximate surface area is 127 Å². The van der Waals surface area contributed by atoms with E-state index in [1.54, 1.807) is 14.2 Å². The fourth-order valence-corrected chi connectivity index (χ4v) is 2.98. The Hall–Kier alpha value is -0.980. The van der Waals surface area contributed by atoms with Crippen molar-refractivity contribution in [3.8, 4) is 0 Å². The molecule has 1 aliphatic rings. The molecule has 6 nitrogen and oxygen atoms in total. The van der Waals surface area contributed by atoms with E-state index in [-0.39, 0.29) is 12.2 Å². The molecule has 2 heterocycles. The highest BCUT2D eigenvalue weighted by atomic mass is 16.5. The number of rotatable bonds is 4. The second-order valence-corrected chi connectivity index (χ2v) is 6.23. The lowest BCUT2D eigenvalue weighted by atomic mass is 10.0. The van der Waals surface area contributed by atoms with E-state index in [4.69, 9.17) is 9.47 Å². The Morgan fingerprint density at radius 2 is 1.81 bits per heavy atom. The minimum atomic E-state index is -0.168. The summed E-state index contributed by atoms with van der Waals surface area (Å²) >= 11 is 0. The average molecular weight is 296 g/mol. The minimum absolute atomic E-state index is 0.0336. The van der Waals surface area contributed by atoms with Gasteiger partial charge in [0.1, 0.15) is 17.9 Å². The molecule has 0 bridgehead atoms. The van der Waals surface area contributed by atoms with Gasteiger partial charge in [-0.15, -0.1) is 5.10 Å². The van der Waals surface area contributed by atoms with Crippen molar-refractivity contribution in [2.24, 2.45) is 0 Å². The predicted octanol–water partition coefficient (Wildman–Crippen LogP) is 1.83. The van der Waals surface area contributed by atoms with Gasteiger partial charge in [-0.25, -0.2) is 4.68 Å². The quantitative estimate of drug-likeness (QED) is 0.848. The fraction of sp³-hybridized carbons (Fsp3) is 0.867. The number of hydrogen-bond donors (Lipinski definition) is 0. The summed E-state index contributed by atoms with van der Waals surface area (Å²) in [5.41, 5.74) is 2.10. The molecule has 2 rings (SSSR count). The normalized spacial score (nSPS) is 24.2. The van der Waals surface area contributed by atoms with Crippen LogP contribution in [0.25, 0.3) is 0 Å². The molecule has 2 atom stereocenters. The number of nitrogens with zero attached hydrogens (tertiary/aromatic N) is 4. The topological polar surface area (TPSA) is 52.4 Å². The summed E-state index contributed by atoms with van der Waals surface area (Å²) in [7, 11) is 3.46. The number of hydrogen-bond acceptors (Lipinski definition) is 5. The highest BCUT2D eigenvalue weighted by Gasteiger charge is 2.34. The molecule has 0 fully saturated rings. The molecule has 0 spiro atoms. The first-order valence-corrected chi connectivity index (χ1v) is 7.73. The molecule has 0 aliphatic carbocycles. The Morgan fingerprint density at radius 1 is 1.10 bits per heavy atom. The third kappa shape index (κ3) is 3.27. The van der Waals surface area contributed by atoms with Gasteiger partial charge in [0.15, 0.2) is 0 Å². The monoisotopic (exact) mass is 296 g/mol. The van der Waals surface area contributed by atoms with Gasteiger partial charge in [0.05, 0.1) is 5.69 Å². The summed E-state index contributed by atoms with van der Waals surface area (Å²) < 4.78 is 13.4. The van der Waals surface area contributed by atoms with Crippen molar-refractivity contribution in [2.45, 2.75) is 58.4 Å². The van der Waals surface area contributed by atoms with E-state index in [9.17, 15) is 0 Å². The number of aromatic nitrogens is 3. The largest absolute Gasteiger partial charge is 0.377 e. The summed E-state index contributed by atoms with van der Waals surface area (Å²) in [5, 5.41) is 8.72. The van der Waals surface area contributed by atoms with Crippen LogP contribution in [0.5, 0.6) is 0 Å². The molecule has 120 valence electrons. The van der Waals surface area contributed by atoms with Crippen LogP contribution >= 0.6 is 0 Å². The van der Waals surface area contributed by atoms with Crippen LogP contribution in [0.3, 0.4) is 0 Å². The molecule has 0 saturated carbocycles. The smallest absolute Gasteiger partial charge is 0.130 e. The van der Waals surface area contributed by atoms with Gasteiger partial charge in [0.25, 0.3) is 0 Å². The lowest BCUT2D eigenvalue weighted by molar-refractivity contribution is -0.0606. The molecule has 0 amide bonds. The molecule has 0 N–H and O–H groups in total. The predicted molar refractivity (Wildman–Crippen MR) is 81.4 cm³/mol. The van der Waals surface area contributed by atoms with E-state index in [0.717, 1.165) is 25.2 Å². The van der Waals surface area contributed by atoms with E-state index in [2.05, 4.69) is 42.9 Å². The summed E-state index contributed by atoms with van der Waals surface area (Å²) in [6.45, 7) is 10.5. The molecular weight excluding hydrogens is 268 g/mol. The first kappa shape index (κ1) is 16.4.